The molecule has 1 atom stereocenters. The van der Waals surface area contributed by atoms with Crippen molar-refractivity contribution in [3.05, 3.63) is 59.7 Å². The van der Waals surface area contributed by atoms with E-state index in [-0.39, 0.29) is 24.9 Å². The van der Waals surface area contributed by atoms with Crippen LogP contribution >= 0.6 is 12.4 Å². The van der Waals surface area contributed by atoms with Crippen molar-refractivity contribution in [3.8, 4) is 11.1 Å². The van der Waals surface area contributed by atoms with Crippen molar-refractivity contribution >= 4 is 24.5 Å². The Morgan fingerprint density at radius 1 is 1.04 bits per heavy atom. The predicted molar refractivity (Wildman–Crippen MR) is 110 cm³/mol. The van der Waals surface area contributed by atoms with Gasteiger partial charge in [0.2, 0.25) is 0 Å². The van der Waals surface area contributed by atoms with E-state index in [1.165, 1.54) is 22.3 Å². The van der Waals surface area contributed by atoms with Crippen LogP contribution in [0, 0.1) is 0 Å². The average molecular weight is 405 g/mol. The molecule has 3 rings (SSSR count). The molecule has 6 nitrogen and oxygen atoms in total. The van der Waals surface area contributed by atoms with Crippen molar-refractivity contribution in [1.29, 1.82) is 0 Å². The number of aliphatic carboxylic acids is 1. The number of fused-ring (bicyclic) bond motifs is 3. The van der Waals surface area contributed by atoms with Gasteiger partial charge in [-0.1, -0.05) is 48.5 Å². The number of halogens is 1. The first kappa shape index (κ1) is 21.7. The van der Waals surface area contributed by atoms with Gasteiger partial charge in [-0.2, -0.15) is 0 Å². The molecule has 0 saturated carbocycles. The minimum atomic E-state index is -1.00. The third-order valence-corrected chi connectivity index (χ3v) is 4.87. The van der Waals surface area contributed by atoms with Crippen molar-refractivity contribution < 1.29 is 19.4 Å². The second-order valence-electron chi connectivity index (χ2n) is 6.69. The number of ether oxygens (including phenoxy) is 1. The number of carbonyl (C=O) groups is 2. The minimum Gasteiger partial charge on any atom is -0.480 e. The molecule has 2 aromatic rings. The normalized spacial score (nSPS) is 13.0. The third kappa shape index (κ3) is 5.03. The van der Waals surface area contributed by atoms with E-state index in [9.17, 15) is 9.59 Å². The quantitative estimate of drug-likeness (QED) is 0.584. The monoisotopic (exact) mass is 404 g/mol. The molecule has 0 fully saturated rings. The fourth-order valence-corrected chi connectivity index (χ4v) is 3.45. The van der Waals surface area contributed by atoms with Crippen LogP contribution in [0.3, 0.4) is 0 Å². The van der Waals surface area contributed by atoms with Crippen molar-refractivity contribution in [1.82, 2.24) is 5.32 Å². The Labute approximate surface area is 170 Å². The van der Waals surface area contributed by atoms with Crippen LogP contribution in [-0.4, -0.2) is 36.4 Å². The molecule has 0 saturated heterocycles. The van der Waals surface area contributed by atoms with Crippen molar-refractivity contribution in [2.24, 2.45) is 5.73 Å². The summed E-state index contributed by atoms with van der Waals surface area (Å²) in [6, 6.07) is 15.5. The van der Waals surface area contributed by atoms with Crippen molar-refractivity contribution in [2.75, 3.05) is 13.2 Å². The highest BCUT2D eigenvalue weighted by Crippen LogP contribution is 2.44. The van der Waals surface area contributed by atoms with Gasteiger partial charge in [0.1, 0.15) is 12.6 Å². The average Bonchev–Trinajstić information content (AvgIpc) is 3.00. The number of hydrogen-bond acceptors (Lipinski definition) is 4. The van der Waals surface area contributed by atoms with Gasteiger partial charge in [-0.15, -0.1) is 12.4 Å². The summed E-state index contributed by atoms with van der Waals surface area (Å²) in [5.74, 6) is -0.962. The van der Waals surface area contributed by atoms with Gasteiger partial charge in [-0.3, -0.25) is 4.79 Å². The maximum absolute atomic E-state index is 12.0. The number of nitrogens with two attached hydrogens (primary N) is 1. The fourth-order valence-electron chi connectivity index (χ4n) is 3.45. The molecule has 0 bridgehead atoms. The topological polar surface area (TPSA) is 102 Å². The molecular weight excluding hydrogens is 380 g/mol. The van der Waals surface area contributed by atoms with Crippen molar-refractivity contribution in [2.45, 2.75) is 31.2 Å². The van der Waals surface area contributed by atoms with Gasteiger partial charge in [-0.25, -0.2) is 4.79 Å². The third-order valence-electron chi connectivity index (χ3n) is 4.87. The molecule has 150 valence electrons. The number of unbranched alkanes of at least 4 members (excludes halogenated alkanes) is 1. The lowest BCUT2D eigenvalue weighted by Crippen LogP contribution is -2.30. The van der Waals surface area contributed by atoms with Gasteiger partial charge in [0.15, 0.2) is 0 Å². The zero-order valence-corrected chi connectivity index (χ0v) is 16.3. The zero-order chi connectivity index (χ0) is 19.2. The van der Waals surface area contributed by atoms with E-state index >= 15 is 0 Å². The maximum atomic E-state index is 12.0. The van der Waals surface area contributed by atoms with E-state index in [0.29, 0.717) is 25.8 Å². The van der Waals surface area contributed by atoms with Gasteiger partial charge < -0.3 is 20.9 Å². The lowest BCUT2D eigenvalue weighted by Gasteiger charge is -2.14. The van der Waals surface area contributed by atoms with Gasteiger partial charge in [0.25, 0.3) is 0 Å². The summed E-state index contributed by atoms with van der Waals surface area (Å²) in [4.78, 5) is 22.6. The van der Waals surface area contributed by atoms with Crippen LogP contribution in [0.5, 0.6) is 0 Å². The highest BCUT2D eigenvalue weighted by atomic mass is 35.5. The Balaban J connectivity index is 0.00000280. The number of alkyl carbamates (subject to hydrolysis) is 1. The van der Waals surface area contributed by atoms with Crippen molar-refractivity contribution in [3.63, 3.8) is 0 Å². The summed E-state index contributed by atoms with van der Waals surface area (Å²) >= 11 is 0. The molecule has 2 aromatic carbocycles. The second-order valence-corrected chi connectivity index (χ2v) is 6.69. The van der Waals surface area contributed by atoms with Crippen LogP contribution in [0.15, 0.2) is 48.5 Å². The summed E-state index contributed by atoms with van der Waals surface area (Å²) in [6.07, 6.45) is 1.23. The van der Waals surface area contributed by atoms with Crippen LogP contribution in [0.25, 0.3) is 11.1 Å². The summed E-state index contributed by atoms with van der Waals surface area (Å²) in [7, 11) is 0. The summed E-state index contributed by atoms with van der Waals surface area (Å²) in [5.41, 5.74) is 10.2. The van der Waals surface area contributed by atoms with E-state index in [1.807, 2.05) is 24.3 Å². The molecule has 28 heavy (non-hydrogen) atoms. The SMILES string of the molecule is Cl.N[C@H](CCCCNC(=O)OCC1c2ccccc2-c2ccccc21)C(=O)O. The summed E-state index contributed by atoms with van der Waals surface area (Å²) < 4.78 is 5.44. The summed E-state index contributed by atoms with van der Waals surface area (Å²) in [5, 5.41) is 11.4. The predicted octanol–water partition coefficient (Wildman–Crippen LogP) is 3.53. The molecule has 4 N–H and O–H groups in total. The van der Waals surface area contributed by atoms with E-state index in [1.54, 1.807) is 0 Å². The highest BCUT2D eigenvalue weighted by molar-refractivity contribution is 5.85. The van der Waals surface area contributed by atoms with E-state index in [2.05, 4.69) is 29.6 Å². The Bertz CT molecular complexity index is 782. The fraction of sp³-hybridized carbons (Fsp3) is 0.333. The van der Waals surface area contributed by atoms with E-state index in [4.69, 9.17) is 15.6 Å². The molecule has 0 aromatic heterocycles. The largest absolute Gasteiger partial charge is 0.480 e. The maximum Gasteiger partial charge on any atom is 0.407 e. The molecular formula is C21H25ClN2O4. The number of carboxylic acid groups (broad SMARTS) is 1. The molecule has 0 unspecified atom stereocenters. The lowest BCUT2D eigenvalue weighted by molar-refractivity contribution is -0.138. The van der Waals surface area contributed by atoms with Gasteiger partial charge >= 0.3 is 12.1 Å². The number of rotatable bonds is 8. The number of carboxylic acids is 1. The molecule has 1 amide bonds. The molecule has 0 spiro atoms. The van der Waals surface area contributed by atoms with Crippen LogP contribution in [0.4, 0.5) is 4.79 Å². The van der Waals surface area contributed by atoms with Gasteiger partial charge in [0, 0.05) is 12.5 Å². The number of benzene rings is 2. The smallest absolute Gasteiger partial charge is 0.407 e. The van der Waals surface area contributed by atoms with Crippen LogP contribution in [0.2, 0.25) is 0 Å². The molecule has 0 heterocycles. The van der Waals surface area contributed by atoms with E-state index in [0.717, 1.165) is 0 Å². The van der Waals surface area contributed by atoms with Crippen LogP contribution in [0.1, 0.15) is 36.3 Å². The van der Waals surface area contributed by atoms with E-state index < -0.39 is 18.1 Å². The van der Waals surface area contributed by atoms with Gasteiger partial charge in [0.05, 0.1) is 0 Å². The Hall–Kier alpha value is -2.57. The first-order valence-electron chi connectivity index (χ1n) is 9.15. The molecule has 0 radical (unpaired) electrons. The first-order chi connectivity index (χ1) is 13.1. The first-order valence-corrected chi connectivity index (χ1v) is 9.15. The Morgan fingerprint density at radius 2 is 1.61 bits per heavy atom. The Kier molecular flexibility index (Phi) is 7.84. The molecule has 1 aliphatic carbocycles. The number of nitrogens with one attached hydrogen (secondary N) is 1. The number of hydrogen-bond donors (Lipinski definition) is 3. The summed E-state index contributed by atoms with van der Waals surface area (Å²) in [6.45, 7) is 0.715. The van der Waals surface area contributed by atoms with Crippen LogP contribution in [-0.2, 0) is 9.53 Å². The zero-order valence-electron chi connectivity index (χ0n) is 15.5. The minimum absolute atomic E-state index is 0. The Morgan fingerprint density at radius 3 is 2.18 bits per heavy atom. The number of amides is 1. The molecule has 7 heteroatoms. The lowest BCUT2D eigenvalue weighted by atomic mass is 9.98. The number of carbonyl (C=O) groups excluding carboxylic acids is 1. The highest BCUT2D eigenvalue weighted by Gasteiger charge is 2.28. The second kappa shape index (κ2) is 10.1. The standard InChI is InChI=1S/C21H24N2O4.ClH/c22-19(20(24)25)11-5-6-12-23-21(26)27-13-18-16-9-3-1-7-14(16)15-8-2-4-10-17(15)18;/h1-4,7-10,18-19H,5-6,11-13,22H2,(H,23,26)(H,24,25);1H/t19-;/m1./s1. The van der Waals surface area contributed by atoms with Gasteiger partial charge in [-0.05, 0) is 41.5 Å². The molecule has 0 aliphatic heterocycles. The molecule has 1 aliphatic rings. The van der Waals surface area contributed by atoms with Crippen LogP contribution < -0.4 is 11.1 Å².